The molecule has 1 fully saturated rings. The summed E-state index contributed by atoms with van der Waals surface area (Å²) in [5.41, 5.74) is 5.92. The first-order valence-corrected chi connectivity index (χ1v) is 6.28. The van der Waals surface area contributed by atoms with Crippen molar-refractivity contribution in [3.63, 3.8) is 0 Å². The van der Waals surface area contributed by atoms with E-state index in [4.69, 9.17) is 10.5 Å². The fourth-order valence-corrected chi connectivity index (χ4v) is 2.62. The monoisotopic (exact) mass is 214 g/mol. The topological polar surface area (TPSA) is 38.5 Å². The van der Waals surface area contributed by atoms with Gasteiger partial charge >= 0.3 is 0 Å². The van der Waals surface area contributed by atoms with Crippen molar-refractivity contribution < 1.29 is 4.74 Å². The van der Waals surface area contributed by atoms with E-state index in [1.54, 1.807) is 0 Å². The third kappa shape index (κ3) is 3.44. The summed E-state index contributed by atoms with van der Waals surface area (Å²) >= 11 is 0. The number of nitrogens with zero attached hydrogens (tertiary/aromatic N) is 1. The maximum absolute atomic E-state index is 5.92. The largest absolute Gasteiger partial charge is 0.376 e. The number of hydrogen-bond acceptors (Lipinski definition) is 3. The highest BCUT2D eigenvalue weighted by atomic mass is 16.5. The van der Waals surface area contributed by atoms with Crippen molar-refractivity contribution in [2.45, 2.75) is 45.8 Å². The second kappa shape index (κ2) is 6.46. The molecule has 90 valence electrons. The number of rotatable bonds is 5. The number of nitrogens with two attached hydrogens (primary N) is 1. The molecule has 2 atom stereocenters. The summed E-state index contributed by atoms with van der Waals surface area (Å²) in [6, 6.07) is 0.548. The Bertz CT molecular complexity index is 171. The van der Waals surface area contributed by atoms with Crippen molar-refractivity contribution >= 4 is 0 Å². The fraction of sp³-hybridized carbons (Fsp3) is 1.00. The van der Waals surface area contributed by atoms with Gasteiger partial charge in [-0.3, -0.25) is 4.90 Å². The van der Waals surface area contributed by atoms with Crippen LogP contribution in [0, 0.1) is 5.92 Å². The standard InChI is InChI=1S/C12H26N2O/c1-4-11(5-2)12(8-13)14-6-7-15-10(3)9-14/h10-12H,4-9,13H2,1-3H3. The van der Waals surface area contributed by atoms with Crippen LogP contribution in [0.4, 0.5) is 0 Å². The van der Waals surface area contributed by atoms with Gasteiger partial charge in [0.15, 0.2) is 0 Å². The van der Waals surface area contributed by atoms with Gasteiger partial charge in [-0.15, -0.1) is 0 Å². The van der Waals surface area contributed by atoms with Crippen LogP contribution in [0.5, 0.6) is 0 Å². The molecule has 0 spiro atoms. The molecule has 1 heterocycles. The minimum absolute atomic E-state index is 0.363. The van der Waals surface area contributed by atoms with Crippen LogP contribution in [-0.2, 0) is 4.74 Å². The highest BCUT2D eigenvalue weighted by Gasteiger charge is 2.27. The van der Waals surface area contributed by atoms with E-state index in [1.807, 2.05) is 0 Å². The second-order valence-electron chi connectivity index (χ2n) is 4.56. The van der Waals surface area contributed by atoms with Crippen LogP contribution in [0.1, 0.15) is 33.6 Å². The molecule has 0 amide bonds. The molecule has 15 heavy (non-hydrogen) atoms. The zero-order valence-electron chi connectivity index (χ0n) is 10.4. The van der Waals surface area contributed by atoms with E-state index in [1.165, 1.54) is 12.8 Å². The van der Waals surface area contributed by atoms with Gasteiger partial charge in [-0.25, -0.2) is 0 Å². The molecule has 0 aliphatic carbocycles. The van der Waals surface area contributed by atoms with Crippen molar-refractivity contribution in [1.82, 2.24) is 4.90 Å². The zero-order chi connectivity index (χ0) is 11.3. The van der Waals surface area contributed by atoms with E-state index in [9.17, 15) is 0 Å². The van der Waals surface area contributed by atoms with E-state index < -0.39 is 0 Å². The molecule has 2 N–H and O–H groups in total. The van der Waals surface area contributed by atoms with Gasteiger partial charge in [-0.05, 0) is 12.8 Å². The van der Waals surface area contributed by atoms with Crippen LogP contribution in [0.25, 0.3) is 0 Å². The molecule has 3 nitrogen and oxygen atoms in total. The molecule has 0 aromatic heterocycles. The lowest BCUT2D eigenvalue weighted by Gasteiger charge is -2.40. The molecule has 1 rings (SSSR count). The lowest BCUT2D eigenvalue weighted by molar-refractivity contribution is -0.0424. The number of ether oxygens (including phenoxy) is 1. The Morgan fingerprint density at radius 2 is 2.07 bits per heavy atom. The van der Waals surface area contributed by atoms with Gasteiger partial charge < -0.3 is 10.5 Å². The Morgan fingerprint density at radius 1 is 1.40 bits per heavy atom. The molecule has 0 aromatic carbocycles. The van der Waals surface area contributed by atoms with Crippen molar-refractivity contribution in [2.75, 3.05) is 26.2 Å². The van der Waals surface area contributed by atoms with E-state index in [-0.39, 0.29) is 0 Å². The Hall–Kier alpha value is -0.120. The summed E-state index contributed by atoms with van der Waals surface area (Å²) < 4.78 is 5.57. The summed E-state index contributed by atoms with van der Waals surface area (Å²) in [6.07, 6.45) is 2.82. The van der Waals surface area contributed by atoms with Crippen molar-refractivity contribution in [2.24, 2.45) is 11.7 Å². The lowest BCUT2D eigenvalue weighted by atomic mass is 9.92. The van der Waals surface area contributed by atoms with Gasteiger partial charge in [-0.1, -0.05) is 26.7 Å². The third-order valence-corrected chi connectivity index (χ3v) is 3.58. The predicted molar refractivity (Wildman–Crippen MR) is 63.9 cm³/mol. The van der Waals surface area contributed by atoms with Crippen LogP contribution in [0.3, 0.4) is 0 Å². The highest BCUT2D eigenvalue weighted by molar-refractivity contribution is 4.82. The molecule has 1 aliphatic heterocycles. The third-order valence-electron chi connectivity index (χ3n) is 3.58. The first-order valence-electron chi connectivity index (χ1n) is 6.28. The van der Waals surface area contributed by atoms with E-state index in [0.717, 1.165) is 32.2 Å². The number of morpholine rings is 1. The van der Waals surface area contributed by atoms with Gasteiger partial charge in [-0.2, -0.15) is 0 Å². The minimum Gasteiger partial charge on any atom is -0.376 e. The van der Waals surface area contributed by atoms with Crippen LogP contribution < -0.4 is 5.73 Å². The smallest absolute Gasteiger partial charge is 0.0674 e. The average molecular weight is 214 g/mol. The summed E-state index contributed by atoms with van der Waals surface area (Å²) in [6.45, 7) is 10.4. The first-order chi connectivity index (χ1) is 7.22. The lowest BCUT2D eigenvalue weighted by Crippen LogP contribution is -2.52. The van der Waals surface area contributed by atoms with Crippen LogP contribution in [0.15, 0.2) is 0 Å². The summed E-state index contributed by atoms with van der Waals surface area (Å²) in [5, 5.41) is 0. The molecular weight excluding hydrogens is 188 g/mol. The van der Waals surface area contributed by atoms with Gasteiger partial charge in [0.05, 0.1) is 12.7 Å². The molecule has 1 aliphatic rings. The van der Waals surface area contributed by atoms with Crippen molar-refractivity contribution in [1.29, 1.82) is 0 Å². The molecule has 0 saturated carbocycles. The fourth-order valence-electron chi connectivity index (χ4n) is 2.62. The van der Waals surface area contributed by atoms with Crippen LogP contribution in [0.2, 0.25) is 0 Å². The Morgan fingerprint density at radius 3 is 2.53 bits per heavy atom. The predicted octanol–water partition coefficient (Wildman–Crippen LogP) is 1.47. The molecule has 0 bridgehead atoms. The quantitative estimate of drug-likeness (QED) is 0.753. The summed E-state index contributed by atoms with van der Waals surface area (Å²) in [4.78, 5) is 2.52. The van der Waals surface area contributed by atoms with Gasteiger partial charge in [0.2, 0.25) is 0 Å². The van der Waals surface area contributed by atoms with Gasteiger partial charge in [0.1, 0.15) is 0 Å². The molecule has 2 unspecified atom stereocenters. The molecule has 0 aromatic rings. The maximum atomic E-state index is 5.92. The minimum atomic E-state index is 0.363. The molecule has 1 saturated heterocycles. The average Bonchev–Trinajstić information content (AvgIpc) is 2.25. The number of hydrogen-bond donors (Lipinski definition) is 1. The first kappa shape index (κ1) is 12.9. The maximum Gasteiger partial charge on any atom is 0.0674 e. The Balaban J connectivity index is 2.55. The molecule has 0 radical (unpaired) electrons. The van der Waals surface area contributed by atoms with E-state index in [0.29, 0.717) is 12.1 Å². The van der Waals surface area contributed by atoms with Gasteiger partial charge in [0, 0.05) is 25.7 Å². The normalized spacial score (nSPS) is 25.8. The molecule has 3 heteroatoms. The van der Waals surface area contributed by atoms with Crippen molar-refractivity contribution in [3.05, 3.63) is 0 Å². The zero-order valence-corrected chi connectivity index (χ0v) is 10.4. The van der Waals surface area contributed by atoms with E-state index >= 15 is 0 Å². The summed E-state index contributed by atoms with van der Waals surface area (Å²) in [5.74, 6) is 0.736. The Labute approximate surface area is 94.0 Å². The highest BCUT2D eigenvalue weighted by Crippen LogP contribution is 2.20. The Kier molecular flexibility index (Phi) is 5.58. The van der Waals surface area contributed by atoms with Gasteiger partial charge in [0.25, 0.3) is 0 Å². The summed E-state index contributed by atoms with van der Waals surface area (Å²) in [7, 11) is 0. The van der Waals surface area contributed by atoms with Crippen molar-refractivity contribution in [3.8, 4) is 0 Å². The second-order valence-corrected chi connectivity index (χ2v) is 4.56. The molecular formula is C12H26N2O. The van der Waals surface area contributed by atoms with Crippen LogP contribution in [-0.4, -0.2) is 43.3 Å². The SMILES string of the molecule is CCC(CC)C(CN)N1CCOC(C)C1. The van der Waals surface area contributed by atoms with E-state index in [2.05, 4.69) is 25.7 Å². The van der Waals surface area contributed by atoms with Crippen LogP contribution >= 0.6 is 0 Å².